The maximum atomic E-state index is 13.1. The van der Waals surface area contributed by atoms with Crippen LogP contribution in [0.2, 0.25) is 0 Å². The summed E-state index contributed by atoms with van der Waals surface area (Å²) in [6.07, 6.45) is -0.543. The molecule has 4 aromatic rings. The van der Waals surface area contributed by atoms with E-state index in [2.05, 4.69) is 43.4 Å². The number of methoxy groups -OCH3 is 2. The third-order valence-electron chi connectivity index (χ3n) is 9.28. The Morgan fingerprint density at radius 3 is 2.21 bits per heavy atom. The van der Waals surface area contributed by atoms with E-state index < -0.39 is 49.7 Å². The van der Waals surface area contributed by atoms with Gasteiger partial charge in [0, 0.05) is 35.8 Å². The number of hydrogen-bond acceptors (Lipinski definition) is 10. The Hall–Kier alpha value is -4.34. The minimum Gasteiger partial charge on any atom is -0.497 e. The SMILES string of the molecule is COc1ccc(C(OC[C@H]2O[C@@H](n3ccc(=O)[nH]c3=O)[C@H](C)[C@@H]2OP(OCCC#N)N(C(C)C)C(C)C)(c2ccccc2)c2ccccc2OC)cc1. The van der Waals surface area contributed by atoms with E-state index in [1.165, 1.54) is 16.8 Å². The zero-order valence-electron chi connectivity index (χ0n) is 31.3. The predicted molar refractivity (Wildman–Crippen MR) is 203 cm³/mol. The highest BCUT2D eigenvalue weighted by Gasteiger charge is 2.49. The van der Waals surface area contributed by atoms with Crippen LogP contribution >= 0.6 is 8.53 Å². The molecule has 282 valence electrons. The Bertz CT molecular complexity index is 1920. The predicted octanol–water partition coefficient (Wildman–Crippen LogP) is 6.76. The summed E-state index contributed by atoms with van der Waals surface area (Å²) < 4.78 is 42.3. The van der Waals surface area contributed by atoms with E-state index in [9.17, 15) is 14.9 Å². The lowest BCUT2D eigenvalue weighted by atomic mass is 9.79. The fraction of sp³-hybridized carbons (Fsp3) is 0.425. The van der Waals surface area contributed by atoms with E-state index in [1.54, 1.807) is 14.2 Å². The fourth-order valence-electron chi connectivity index (χ4n) is 6.89. The monoisotopic (exact) mass is 744 g/mol. The van der Waals surface area contributed by atoms with E-state index in [4.69, 9.17) is 28.0 Å². The smallest absolute Gasteiger partial charge is 0.330 e. The summed E-state index contributed by atoms with van der Waals surface area (Å²) in [5, 5.41) is 9.32. The van der Waals surface area contributed by atoms with Crippen LogP contribution in [0, 0.1) is 17.2 Å². The van der Waals surface area contributed by atoms with Crippen LogP contribution < -0.4 is 20.7 Å². The van der Waals surface area contributed by atoms with Crippen molar-refractivity contribution in [2.45, 2.75) is 77.2 Å². The van der Waals surface area contributed by atoms with Crippen LogP contribution in [0.25, 0.3) is 0 Å². The molecule has 1 fully saturated rings. The number of ether oxygens (including phenoxy) is 4. The average molecular weight is 745 g/mol. The number of para-hydroxylation sites is 1. The van der Waals surface area contributed by atoms with E-state index in [0.29, 0.717) is 11.5 Å². The van der Waals surface area contributed by atoms with E-state index in [1.807, 2.05) is 85.8 Å². The molecule has 6 atom stereocenters. The first-order chi connectivity index (χ1) is 25.5. The standard InChI is InChI=1S/C40H49N4O8P/c1-27(2)44(28(3)4)53(50-25-13-23-41)52-37-29(5)38(43-24-22-36(45)42-39(43)46)51-35(37)26-49-40(30-14-9-8-10-15-30,31-18-20-32(47-6)21-19-31)33-16-11-12-17-34(33)48-7/h8-12,14-22,24,27-29,35,37-38H,13,25-26H2,1-7H3,(H,42,45,46)/t29-,35-,37+,38-,40?,53?/m1/s1. The molecule has 0 amide bonds. The maximum absolute atomic E-state index is 13.1. The second-order valence-electron chi connectivity index (χ2n) is 13.3. The van der Waals surface area contributed by atoms with Crippen LogP contribution in [0.4, 0.5) is 0 Å². The van der Waals surface area contributed by atoms with Gasteiger partial charge >= 0.3 is 5.69 Å². The van der Waals surface area contributed by atoms with Gasteiger partial charge in [0.25, 0.3) is 14.1 Å². The number of aromatic nitrogens is 2. The number of benzene rings is 3. The molecule has 3 aromatic carbocycles. The van der Waals surface area contributed by atoms with Gasteiger partial charge in [-0.25, -0.2) is 9.46 Å². The normalized spacial score (nSPS) is 20.3. The molecule has 1 saturated heterocycles. The number of nitrogens with zero attached hydrogens (tertiary/aromatic N) is 3. The Kier molecular flexibility index (Phi) is 13.6. The van der Waals surface area contributed by atoms with E-state index >= 15 is 0 Å². The third-order valence-corrected chi connectivity index (χ3v) is 11.4. The number of aromatic amines is 1. The van der Waals surface area contributed by atoms with Crippen molar-refractivity contribution in [2.24, 2.45) is 5.92 Å². The number of rotatable bonds is 17. The van der Waals surface area contributed by atoms with Crippen LogP contribution in [-0.2, 0) is 24.1 Å². The molecular weight excluding hydrogens is 695 g/mol. The molecule has 0 spiro atoms. The molecule has 0 saturated carbocycles. The number of hydrogen-bond donors (Lipinski definition) is 1. The van der Waals surface area contributed by atoms with E-state index in [0.717, 1.165) is 16.7 Å². The van der Waals surface area contributed by atoms with Crippen molar-refractivity contribution >= 4 is 8.53 Å². The summed E-state index contributed by atoms with van der Waals surface area (Å²) in [6.45, 7) is 10.4. The van der Waals surface area contributed by atoms with Crippen molar-refractivity contribution in [3.63, 3.8) is 0 Å². The highest BCUT2D eigenvalue weighted by atomic mass is 31.2. The summed E-state index contributed by atoms with van der Waals surface area (Å²) in [5.74, 6) is 0.907. The van der Waals surface area contributed by atoms with Crippen molar-refractivity contribution in [2.75, 3.05) is 27.4 Å². The second kappa shape index (κ2) is 18.1. The molecule has 53 heavy (non-hydrogen) atoms. The average Bonchev–Trinajstić information content (AvgIpc) is 3.46. The van der Waals surface area contributed by atoms with Crippen molar-refractivity contribution in [3.05, 3.63) is 129 Å². The highest BCUT2D eigenvalue weighted by molar-refractivity contribution is 7.44. The topological polar surface area (TPSA) is 137 Å². The van der Waals surface area contributed by atoms with Crippen molar-refractivity contribution < 1.29 is 28.0 Å². The summed E-state index contributed by atoms with van der Waals surface area (Å²) >= 11 is 0. The first kappa shape index (κ1) is 39.9. The van der Waals surface area contributed by atoms with Gasteiger partial charge in [-0.1, -0.05) is 67.6 Å². The van der Waals surface area contributed by atoms with Crippen LogP contribution in [-0.4, -0.2) is 65.9 Å². The molecule has 1 aliphatic rings. The first-order valence-electron chi connectivity index (χ1n) is 17.7. The van der Waals surface area contributed by atoms with Crippen LogP contribution in [0.1, 0.15) is 64.0 Å². The molecule has 2 unspecified atom stereocenters. The van der Waals surface area contributed by atoms with Gasteiger partial charge in [-0.2, -0.15) is 5.26 Å². The summed E-state index contributed by atoms with van der Waals surface area (Å²) in [6, 6.07) is 28.9. The van der Waals surface area contributed by atoms with Gasteiger partial charge in [0.1, 0.15) is 35.5 Å². The summed E-state index contributed by atoms with van der Waals surface area (Å²) in [4.78, 5) is 27.5. The Labute approximate surface area is 312 Å². The molecule has 5 rings (SSSR count). The number of nitriles is 1. The molecule has 13 heteroatoms. The van der Waals surface area contributed by atoms with Gasteiger partial charge in [-0.05, 0) is 57.0 Å². The molecule has 2 heterocycles. The number of nitrogens with one attached hydrogen (secondary N) is 1. The lowest BCUT2D eigenvalue weighted by Gasteiger charge is -2.39. The quantitative estimate of drug-likeness (QED) is 0.0702. The zero-order valence-corrected chi connectivity index (χ0v) is 32.2. The van der Waals surface area contributed by atoms with Crippen molar-refractivity contribution in [1.29, 1.82) is 5.26 Å². The van der Waals surface area contributed by atoms with Crippen molar-refractivity contribution in [3.8, 4) is 17.6 Å². The molecule has 1 aromatic heterocycles. The van der Waals surface area contributed by atoms with Gasteiger partial charge in [-0.15, -0.1) is 0 Å². The molecule has 0 radical (unpaired) electrons. The largest absolute Gasteiger partial charge is 0.497 e. The van der Waals surface area contributed by atoms with Gasteiger partial charge in [0.2, 0.25) is 0 Å². The third kappa shape index (κ3) is 8.73. The molecule has 0 aliphatic carbocycles. The van der Waals surface area contributed by atoms with Gasteiger partial charge in [0.15, 0.2) is 0 Å². The lowest BCUT2D eigenvalue weighted by molar-refractivity contribution is -0.0935. The Morgan fingerprint density at radius 1 is 0.925 bits per heavy atom. The summed E-state index contributed by atoms with van der Waals surface area (Å²) in [5.41, 5.74) is 0.119. The van der Waals surface area contributed by atoms with Crippen molar-refractivity contribution in [1.82, 2.24) is 14.2 Å². The minimum atomic E-state index is -1.70. The van der Waals surface area contributed by atoms with E-state index in [-0.39, 0.29) is 31.7 Å². The molecule has 12 nitrogen and oxygen atoms in total. The Balaban J connectivity index is 1.64. The van der Waals surface area contributed by atoms with Crippen LogP contribution in [0.3, 0.4) is 0 Å². The molecule has 1 aliphatic heterocycles. The molecular formula is C40H49N4O8P. The van der Waals surface area contributed by atoms with Gasteiger partial charge in [-0.3, -0.25) is 14.3 Å². The first-order valence-corrected chi connectivity index (χ1v) is 18.9. The molecule has 0 bridgehead atoms. The summed E-state index contributed by atoms with van der Waals surface area (Å²) in [7, 11) is 1.56. The second-order valence-corrected chi connectivity index (χ2v) is 14.8. The van der Waals surface area contributed by atoms with Crippen LogP contribution in [0.5, 0.6) is 11.5 Å². The van der Waals surface area contributed by atoms with Gasteiger partial charge < -0.3 is 28.0 Å². The van der Waals surface area contributed by atoms with Crippen LogP contribution in [0.15, 0.2) is 101 Å². The number of H-pyrrole nitrogens is 1. The maximum Gasteiger partial charge on any atom is 0.330 e. The highest BCUT2D eigenvalue weighted by Crippen LogP contribution is 2.52. The zero-order chi connectivity index (χ0) is 38.1. The Morgan fingerprint density at radius 2 is 1.58 bits per heavy atom. The fourth-order valence-corrected chi connectivity index (χ4v) is 8.73. The minimum absolute atomic E-state index is 0.00725. The van der Waals surface area contributed by atoms with Gasteiger partial charge in [0.05, 0.1) is 39.9 Å². The lowest BCUT2D eigenvalue weighted by Crippen LogP contribution is -2.41. The molecule has 1 N–H and O–H groups in total.